The van der Waals surface area contributed by atoms with Crippen molar-refractivity contribution in [2.75, 3.05) is 37.6 Å². The third-order valence-corrected chi connectivity index (χ3v) is 12.6. The Balaban J connectivity index is 0.812. The van der Waals surface area contributed by atoms with Gasteiger partial charge in [-0.15, -0.1) is 0 Å². The van der Waals surface area contributed by atoms with Crippen LogP contribution in [0.1, 0.15) is 70.3 Å². The molecule has 0 spiro atoms. The number of aliphatic hydroxyl groups excluding tert-OH is 1. The molecule has 1 saturated carbocycles. The number of carbonyl (C=O) groups excluding carboxylic acids is 2. The topological polar surface area (TPSA) is 132 Å². The fourth-order valence-electron chi connectivity index (χ4n) is 8.67. The molecule has 1 aliphatic carbocycles. The molecule has 2 N–H and O–H groups in total. The minimum Gasteiger partial charge on any atom is -0.489 e. The van der Waals surface area contributed by atoms with E-state index in [0.29, 0.717) is 69.1 Å². The van der Waals surface area contributed by atoms with E-state index < -0.39 is 29.2 Å². The molecule has 4 aromatic carbocycles. The maximum Gasteiger partial charge on any atom is 0.416 e. The van der Waals surface area contributed by atoms with Crippen molar-refractivity contribution < 1.29 is 32.6 Å². The highest BCUT2D eigenvalue weighted by atomic mass is 19.4. The van der Waals surface area contributed by atoms with Crippen molar-refractivity contribution in [3.05, 3.63) is 177 Å². The average molecular weight is 869 g/mol. The van der Waals surface area contributed by atoms with Crippen LogP contribution in [0.25, 0.3) is 11.1 Å². The highest BCUT2D eigenvalue weighted by Crippen LogP contribution is 2.52. The highest BCUT2D eigenvalue weighted by Gasteiger charge is 2.49. The van der Waals surface area contributed by atoms with Gasteiger partial charge in [0.1, 0.15) is 24.0 Å². The van der Waals surface area contributed by atoms with Gasteiger partial charge in [-0.05, 0) is 89.9 Å². The summed E-state index contributed by atoms with van der Waals surface area (Å²) in [6.07, 6.45) is -1.77. The van der Waals surface area contributed by atoms with Crippen LogP contribution in [0.4, 0.5) is 19.0 Å². The van der Waals surface area contributed by atoms with E-state index in [0.717, 1.165) is 70.4 Å². The van der Waals surface area contributed by atoms with Crippen LogP contribution in [0.15, 0.2) is 126 Å². The Morgan fingerprint density at radius 1 is 0.812 bits per heavy atom. The number of aryl methyl sites for hydroxylation is 1. The van der Waals surface area contributed by atoms with Gasteiger partial charge in [0, 0.05) is 44.5 Å². The zero-order chi connectivity index (χ0) is 44.4. The molecule has 2 fully saturated rings. The van der Waals surface area contributed by atoms with Gasteiger partial charge in [-0.1, -0.05) is 78.9 Å². The molecular weight excluding hydrogens is 822 g/mol. The van der Waals surface area contributed by atoms with Crippen molar-refractivity contribution in [3.63, 3.8) is 0 Å². The monoisotopic (exact) mass is 868 g/mol. The Hall–Kier alpha value is -6.80. The first-order valence-electron chi connectivity index (χ1n) is 21.6. The Kier molecular flexibility index (Phi) is 11.8. The van der Waals surface area contributed by atoms with Crippen molar-refractivity contribution in [2.45, 2.75) is 63.0 Å². The van der Waals surface area contributed by atoms with Crippen LogP contribution >= 0.6 is 0 Å². The minimum atomic E-state index is -4.63. The number of aromatic nitrogens is 3. The zero-order valence-electron chi connectivity index (χ0n) is 35.1. The van der Waals surface area contributed by atoms with Gasteiger partial charge in [-0.3, -0.25) is 14.4 Å². The zero-order valence-corrected chi connectivity index (χ0v) is 35.1. The summed E-state index contributed by atoms with van der Waals surface area (Å²) in [4.78, 5) is 58.5. The lowest BCUT2D eigenvalue weighted by Crippen LogP contribution is -2.49. The number of hydrogen-bond acceptors (Lipinski definition) is 8. The number of carbonyl (C=O) groups is 2. The third kappa shape index (κ3) is 9.14. The second-order valence-corrected chi connectivity index (χ2v) is 16.8. The van der Waals surface area contributed by atoms with Gasteiger partial charge in [-0.2, -0.15) is 13.2 Å². The van der Waals surface area contributed by atoms with Gasteiger partial charge in [0.2, 0.25) is 5.91 Å². The van der Waals surface area contributed by atoms with E-state index in [1.165, 1.54) is 11.0 Å². The number of fused-ring (bicyclic) bond motifs is 1. The number of aliphatic hydroxyl groups is 1. The number of rotatable bonds is 11. The van der Waals surface area contributed by atoms with E-state index >= 15 is 0 Å². The van der Waals surface area contributed by atoms with E-state index in [1.807, 2.05) is 96.0 Å². The number of aromatic amines is 1. The van der Waals surface area contributed by atoms with Gasteiger partial charge in [-0.25, -0.2) is 9.97 Å². The Morgan fingerprint density at radius 3 is 2.28 bits per heavy atom. The van der Waals surface area contributed by atoms with E-state index in [9.17, 15) is 32.7 Å². The molecule has 6 aromatic rings. The number of alkyl halides is 3. The molecule has 328 valence electrons. The van der Waals surface area contributed by atoms with Gasteiger partial charge < -0.3 is 29.5 Å². The molecule has 0 bridgehead atoms. The van der Waals surface area contributed by atoms with Crippen LogP contribution in [0.2, 0.25) is 0 Å². The number of para-hydroxylation sites is 1. The number of benzene rings is 4. The Morgan fingerprint density at radius 2 is 1.56 bits per heavy atom. The quantitative estimate of drug-likeness (QED) is 0.138. The van der Waals surface area contributed by atoms with E-state index in [1.54, 1.807) is 0 Å². The SMILES string of the molecule is O=C(Cc1ccc(COc2ccccc2)cc1)N1CCN(c2ccc(-c3cccc(C4(c5nc6c(c(=O)[nH]5)CN(C(=O)[C@H](O)c5cccc(C(F)(F)F)c5)CCC6)CC4)c3)cn2)CC1. The molecule has 1 saturated heterocycles. The summed E-state index contributed by atoms with van der Waals surface area (Å²) in [6, 6.07) is 34.0. The number of halogens is 3. The summed E-state index contributed by atoms with van der Waals surface area (Å²) >= 11 is 0. The summed E-state index contributed by atoms with van der Waals surface area (Å²) < 4.78 is 45.8. The van der Waals surface area contributed by atoms with Crippen LogP contribution in [0.3, 0.4) is 0 Å². The summed E-state index contributed by atoms with van der Waals surface area (Å²) in [7, 11) is 0. The molecule has 9 rings (SSSR count). The predicted octanol–water partition coefficient (Wildman–Crippen LogP) is 7.41. The molecule has 14 heteroatoms. The number of pyridine rings is 1. The number of piperazine rings is 1. The highest BCUT2D eigenvalue weighted by molar-refractivity contribution is 5.82. The molecule has 3 aliphatic rings. The first-order valence-corrected chi connectivity index (χ1v) is 21.6. The molecule has 2 amide bonds. The lowest BCUT2D eigenvalue weighted by atomic mass is 9.91. The van der Waals surface area contributed by atoms with Gasteiger partial charge >= 0.3 is 6.18 Å². The molecule has 0 radical (unpaired) electrons. The lowest BCUT2D eigenvalue weighted by molar-refractivity contribution is -0.142. The lowest BCUT2D eigenvalue weighted by Gasteiger charge is -2.35. The number of H-pyrrole nitrogens is 1. The fourth-order valence-corrected chi connectivity index (χ4v) is 8.67. The largest absolute Gasteiger partial charge is 0.489 e. The number of amides is 2. The number of nitrogens with one attached hydrogen (secondary N) is 1. The van der Waals surface area contributed by atoms with E-state index in [-0.39, 0.29) is 30.1 Å². The number of hydrogen-bond donors (Lipinski definition) is 2. The molecule has 64 heavy (non-hydrogen) atoms. The smallest absolute Gasteiger partial charge is 0.416 e. The standard InChI is InChI=1S/C50H47F3N6O5/c51-50(52,53)39-10-5-8-36(29-39)45(61)47(63)59-22-6-13-42-41(31-59)46(62)56-48(55-42)49(20-21-49)38-9-4-7-35(28-38)37-18-19-43(54-30-37)57-23-25-58(26-24-57)44(60)27-33-14-16-34(17-15-33)32-64-40-11-2-1-3-12-40/h1-5,7-12,14-19,28-30,45,61H,6,13,20-27,31-32H2,(H,55,56,62)/t45-/m1/s1. The Bertz CT molecular complexity index is 2700. The third-order valence-electron chi connectivity index (χ3n) is 12.6. The first kappa shape index (κ1) is 42.5. The van der Waals surface area contributed by atoms with Crippen LogP contribution in [-0.4, -0.2) is 74.4 Å². The summed E-state index contributed by atoms with van der Waals surface area (Å²) in [5.41, 5.74) is 3.82. The van der Waals surface area contributed by atoms with Crippen molar-refractivity contribution in [1.29, 1.82) is 0 Å². The fraction of sp³-hybridized carbons (Fsp3) is 0.300. The summed E-state index contributed by atoms with van der Waals surface area (Å²) in [5, 5.41) is 10.8. The van der Waals surface area contributed by atoms with Gasteiger partial charge in [0.05, 0.1) is 35.2 Å². The second kappa shape index (κ2) is 17.8. The van der Waals surface area contributed by atoms with Crippen LogP contribution in [0, 0.1) is 0 Å². The van der Waals surface area contributed by atoms with Crippen molar-refractivity contribution in [3.8, 4) is 16.9 Å². The van der Waals surface area contributed by atoms with E-state index in [2.05, 4.69) is 16.0 Å². The average Bonchev–Trinajstić information content (AvgIpc) is 4.16. The van der Waals surface area contributed by atoms with Crippen LogP contribution in [-0.2, 0) is 47.2 Å². The van der Waals surface area contributed by atoms with Gasteiger partial charge in [0.15, 0.2) is 6.10 Å². The summed E-state index contributed by atoms with van der Waals surface area (Å²) in [6.45, 7) is 3.12. The first-order chi connectivity index (χ1) is 30.9. The minimum absolute atomic E-state index is 0.101. The van der Waals surface area contributed by atoms with Crippen molar-refractivity contribution >= 4 is 17.6 Å². The number of ether oxygens (including phenoxy) is 1. The maximum atomic E-state index is 13.7. The molecule has 4 heterocycles. The molecule has 2 aliphatic heterocycles. The van der Waals surface area contributed by atoms with Crippen molar-refractivity contribution in [2.24, 2.45) is 0 Å². The molecule has 2 aromatic heterocycles. The molecule has 11 nitrogen and oxygen atoms in total. The van der Waals surface area contributed by atoms with Gasteiger partial charge in [0.25, 0.3) is 11.5 Å². The van der Waals surface area contributed by atoms with Crippen LogP contribution < -0.4 is 15.2 Å². The van der Waals surface area contributed by atoms with Crippen LogP contribution in [0.5, 0.6) is 5.75 Å². The normalized spacial score (nSPS) is 16.4. The molecular formula is C50H47F3N6O5. The molecule has 0 unspecified atom stereocenters. The summed E-state index contributed by atoms with van der Waals surface area (Å²) in [5.74, 6) is 1.55. The number of nitrogens with zero attached hydrogens (tertiary/aromatic N) is 5. The number of anilines is 1. The molecule has 1 atom stereocenters. The van der Waals surface area contributed by atoms with E-state index in [4.69, 9.17) is 14.7 Å². The Labute approximate surface area is 368 Å². The predicted molar refractivity (Wildman–Crippen MR) is 234 cm³/mol. The maximum absolute atomic E-state index is 13.7. The van der Waals surface area contributed by atoms with Crippen molar-refractivity contribution in [1.82, 2.24) is 24.8 Å². The second-order valence-electron chi connectivity index (χ2n) is 16.8.